The maximum atomic E-state index is 12.1. The first-order chi connectivity index (χ1) is 8.82. The maximum Gasteiger partial charge on any atom is 0.286 e. The summed E-state index contributed by atoms with van der Waals surface area (Å²) in [5.41, 5.74) is 6.54. The minimum atomic E-state index is -3.32. The zero-order valence-corrected chi connectivity index (χ0v) is 11.6. The molecule has 0 saturated carbocycles. The summed E-state index contributed by atoms with van der Waals surface area (Å²) in [5.74, 6) is -0.797. The molecule has 1 aromatic rings. The lowest BCUT2D eigenvalue weighted by molar-refractivity contribution is 0.0990. The Hall–Kier alpha value is -1.54. The molecule has 0 saturated heterocycles. The molecular weight excluding hydrogens is 268 g/mol. The zero-order valence-electron chi connectivity index (χ0n) is 10.8. The minimum Gasteiger partial charge on any atom is -0.363 e. The second-order valence-corrected chi connectivity index (χ2v) is 7.20. The molecule has 19 heavy (non-hydrogen) atoms. The van der Waals surface area contributed by atoms with E-state index in [9.17, 15) is 13.2 Å². The molecule has 2 rings (SSSR count). The molecule has 0 aromatic carbocycles. The molecule has 0 unspecified atom stereocenters. The lowest BCUT2D eigenvalue weighted by Gasteiger charge is -2.28. The third-order valence-corrected chi connectivity index (χ3v) is 5.31. The number of aromatic nitrogens is 2. The van der Waals surface area contributed by atoms with Crippen LogP contribution in [0.1, 0.15) is 35.7 Å². The first-order valence-corrected chi connectivity index (χ1v) is 7.46. The Morgan fingerprint density at radius 1 is 1.47 bits per heavy atom. The van der Waals surface area contributed by atoms with Crippen molar-refractivity contribution in [3.05, 3.63) is 23.3 Å². The molecule has 0 bridgehead atoms. The zero-order chi connectivity index (χ0) is 14.2. The van der Waals surface area contributed by atoms with E-state index in [2.05, 4.69) is 9.97 Å². The molecule has 1 aliphatic heterocycles. The lowest BCUT2D eigenvalue weighted by atomic mass is 10.1. The third-order valence-electron chi connectivity index (χ3n) is 3.09. The predicted octanol–water partition coefficient (Wildman–Crippen LogP) is -0.328. The molecule has 2 heterocycles. The van der Waals surface area contributed by atoms with E-state index in [0.29, 0.717) is 18.7 Å². The molecule has 7 nitrogen and oxygen atoms in total. The second-order valence-electron chi connectivity index (χ2n) is 4.71. The molecule has 0 aliphatic carbocycles. The standard InChI is InChI=1S/C11H16N4O3S/c1-7(2)19(17,18)15-4-3-8-5-13-11(10(12)16)14-9(8)6-15/h5,7H,3-4,6H2,1-2H3,(H2,12,16). The van der Waals surface area contributed by atoms with Crippen LogP contribution in [0.25, 0.3) is 0 Å². The van der Waals surface area contributed by atoms with Gasteiger partial charge in [-0.15, -0.1) is 0 Å². The van der Waals surface area contributed by atoms with E-state index in [1.54, 1.807) is 20.0 Å². The topological polar surface area (TPSA) is 106 Å². The molecule has 0 radical (unpaired) electrons. The highest BCUT2D eigenvalue weighted by atomic mass is 32.2. The predicted molar refractivity (Wildman–Crippen MR) is 68.7 cm³/mol. The van der Waals surface area contributed by atoms with Gasteiger partial charge in [-0.25, -0.2) is 18.4 Å². The van der Waals surface area contributed by atoms with Gasteiger partial charge in [0.25, 0.3) is 5.91 Å². The van der Waals surface area contributed by atoms with Crippen LogP contribution in [0.4, 0.5) is 0 Å². The summed E-state index contributed by atoms with van der Waals surface area (Å²) in [7, 11) is -3.32. The number of carbonyl (C=O) groups excluding carboxylic acids is 1. The second kappa shape index (κ2) is 4.86. The number of amides is 1. The molecule has 1 aliphatic rings. The van der Waals surface area contributed by atoms with Gasteiger partial charge in [0.15, 0.2) is 0 Å². The van der Waals surface area contributed by atoms with Gasteiger partial charge in [-0.2, -0.15) is 4.31 Å². The molecule has 0 spiro atoms. The van der Waals surface area contributed by atoms with Gasteiger partial charge in [0.05, 0.1) is 17.5 Å². The Morgan fingerprint density at radius 3 is 2.74 bits per heavy atom. The Bertz CT molecular complexity index is 612. The van der Waals surface area contributed by atoms with Crippen molar-refractivity contribution in [3.63, 3.8) is 0 Å². The molecular formula is C11H16N4O3S. The Labute approximate surface area is 111 Å². The number of fused-ring (bicyclic) bond motifs is 1. The number of hydrogen-bond donors (Lipinski definition) is 1. The highest BCUT2D eigenvalue weighted by molar-refractivity contribution is 7.89. The van der Waals surface area contributed by atoms with Gasteiger partial charge in [-0.05, 0) is 25.8 Å². The fourth-order valence-corrected chi connectivity index (χ4v) is 3.16. The lowest BCUT2D eigenvalue weighted by Crippen LogP contribution is -2.40. The van der Waals surface area contributed by atoms with Crippen LogP contribution in [0.15, 0.2) is 6.20 Å². The van der Waals surface area contributed by atoms with Crippen LogP contribution >= 0.6 is 0 Å². The molecule has 8 heteroatoms. The normalized spacial score (nSPS) is 16.4. The first-order valence-electron chi connectivity index (χ1n) is 5.96. The fourth-order valence-electron chi connectivity index (χ4n) is 1.91. The summed E-state index contributed by atoms with van der Waals surface area (Å²) in [6.45, 7) is 3.85. The van der Waals surface area contributed by atoms with Crippen LogP contribution in [-0.4, -0.2) is 40.4 Å². The largest absolute Gasteiger partial charge is 0.363 e. The Balaban J connectivity index is 2.33. The fraction of sp³-hybridized carbons (Fsp3) is 0.545. The summed E-state index contributed by atoms with van der Waals surface area (Å²) < 4.78 is 25.6. The van der Waals surface area contributed by atoms with Gasteiger partial charge in [0, 0.05) is 12.7 Å². The van der Waals surface area contributed by atoms with Gasteiger partial charge < -0.3 is 5.73 Å². The molecule has 2 N–H and O–H groups in total. The summed E-state index contributed by atoms with van der Waals surface area (Å²) in [6.07, 6.45) is 2.09. The van der Waals surface area contributed by atoms with Crippen LogP contribution in [0.5, 0.6) is 0 Å². The molecule has 104 valence electrons. The Morgan fingerprint density at radius 2 is 2.16 bits per heavy atom. The van der Waals surface area contributed by atoms with Gasteiger partial charge in [-0.1, -0.05) is 0 Å². The third kappa shape index (κ3) is 2.59. The van der Waals surface area contributed by atoms with Gasteiger partial charge >= 0.3 is 0 Å². The van der Waals surface area contributed by atoms with E-state index < -0.39 is 21.2 Å². The highest BCUT2D eigenvalue weighted by Crippen LogP contribution is 2.21. The van der Waals surface area contributed by atoms with Gasteiger partial charge in [0.2, 0.25) is 15.8 Å². The van der Waals surface area contributed by atoms with Crippen LogP contribution in [0.2, 0.25) is 0 Å². The van der Waals surface area contributed by atoms with Crippen LogP contribution < -0.4 is 5.73 Å². The number of sulfonamides is 1. The quantitative estimate of drug-likeness (QED) is 0.818. The molecule has 1 amide bonds. The van der Waals surface area contributed by atoms with E-state index in [-0.39, 0.29) is 12.4 Å². The minimum absolute atomic E-state index is 0.0810. The van der Waals surface area contributed by atoms with Gasteiger partial charge in [-0.3, -0.25) is 4.79 Å². The van der Waals surface area contributed by atoms with Crippen molar-refractivity contribution in [2.75, 3.05) is 6.54 Å². The first kappa shape index (κ1) is 13.9. The highest BCUT2D eigenvalue weighted by Gasteiger charge is 2.30. The summed E-state index contributed by atoms with van der Waals surface area (Å²) in [6, 6.07) is 0. The van der Waals surface area contributed by atoms with E-state index in [1.807, 2.05) is 0 Å². The van der Waals surface area contributed by atoms with E-state index >= 15 is 0 Å². The van der Waals surface area contributed by atoms with Crippen LogP contribution in [-0.2, 0) is 23.0 Å². The average molecular weight is 284 g/mol. The van der Waals surface area contributed by atoms with Crippen LogP contribution in [0.3, 0.4) is 0 Å². The van der Waals surface area contributed by atoms with Crippen molar-refractivity contribution in [1.82, 2.24) is 14.3 Å². The van der Waals surface area contributed by atoms with Crippen molar-refractivity contribution in [2.45, 2.75) is 32.1 Å². The molecule has 0 atom stereocenters. The number of nitrogens with zero attached hydrogens (tertiary/aromatic N) is 3. The summed E-state index contributed by atoms with van der Waals surface area (Å²) in [5, 5.41) is -0.480. The number of hydrogen-bond acceptors (Lipinski definition) is 5. The SMILES string of the molecule is CC(C)S(=O)(=O)N1CCc2cnc(C(N)=O)nc2C1. The number of primary amides is 1. The molecule has 1 aromatic heterocycles. The monoisotopic (exact) mass is 284 g/mol. The van der Waals surface area contributed by atoms with Crippen molar-refractivity contribution in [2.24, 2.45) is 5.73 Å². The summed E-state index contributed by atoms with van der Waals surface area (Å²) >= 11 is 0. The number of nitrogens with two attached hydrogens (primary N) is 1. The van der Waals surface area contributed by atoms with Crippen molar-refractivity contribution >= 4 is 15.9 Å². The van der Waals surface area contributed by atoms with E-state index in [4.69, 9.17) is 5.73 Å². The van der Waals surface area contributed by atoms with Crippen molar-refractivity contribution in [3.8, 4) is 0 Å². The number of rotatable bonds is 3. The average Bonchev–Trinajstić information content (AvgIpc) is 2.37. The van der Waals surface area contributed by atoms with Gasteiger partial charge in [0.1, 0.15) is 0 Å². The summed E-state index contributed by atoms with van der Waals surface area (Å²) in [4.78, 5) is 18.9. The maximum absolute atomic E-state index is 12.1. The smallest absolute Gasteiger partial charge is 0.286 e. The molecule has 0 fully saturated rings. The Kier molecular flexibility index (Phi) is 3.55. The van der Waals surface area contributed by atoms with Crippen molar-refractivity contribution in [1.29, 1.82) is 0 Å². The van der Waals surface area contributed by atoms with Crippen molar-refractivity contribution < 1.29 is 13.2 Å². The van der Waals surface area contributed by atoms with E-state index in [0.717, 1.165) is 5.56 Å². The number of carbonyl (C=O) groups is 1. The van der Waals surface area contributed by atoms with E-state index in [1.165, 1.54) is 4.31 Å². The van der Waals surface area contributed by atoms with Crippen LogP contribution in [0, 0.1) is 0 Å².